The summed E-state index contributed by atoms with van der Waals surface area (Å²) in [5.41, 5.74) is -0.459. The van der Waals surface area contributed by atoms with Crippen molar-refractivity contribution < 1.29 is 9.32 Å². The normalized spacial score (nSPS) is 16.2. The van der Waals surface area contributed by atoms with Crippen LogP contribution in [0.4, 0.5) is 0 Å². The highest BCUT2D eigenvalue weighted by atomic mass is 35.5. The molecule has 7 heteroatoms. The number of nitrogens with one attached hydrogen (secondary N) is 1. The third-order valence-electron chi connectivity index (χ3n) is 4.20. The van der Waals surface area contributed by atoms with Crippen molar-refractivity contribution in [2.75, 3.05) is 5.75 Å². The molecule has 0 spiro atoms. The Bertz CT molecular complexity index is 696. The third kappa shape index (κ3) is 4.11. The SMILES string of the molecule is Cc1nc(C2(NC(=O)CCSc3ccc(Cl)cc3)CCCC2)no1. The van der Waals surface area contributed by atoms with Gasteiger partial charge in [0.15, 0.2) is 5.82 Å². The fourth-order valence-electron chi connectivity index (χ4n) is 3.00. The van der Waals surface area contributed by atoms with Crippen LogP contribution in [0.3, 0.4) is 0 Å². The first kappa shape index (κ1) is 17.3. The van der Waals surface area contributed by atoms with E-state index in [9.17, 15) is 4.79 Å². The second kappa shape index (κ2) is 7.57. The van der Waals surface area contributed by atoms with Gasteiger partial charge in [-0.25, -0.2) is 0 Å². The molecule has 0 radical (unpaired) electrons. The molecule has 1 saturated carbocycles. The van der Waals surface area contributed by atoms with E-state index in [0.29, 0.717) is 18.1 Å². The van der Waals surface area contributed by atoms with Crippen LogP contribution in [0.25, 0.3) is 0 Å². The van der Waals surface area contributed by atoms with E-state index in [2.05, 4.69) is 15.5 Å². The molecule has 1 aliphatic carbocycles. The molecule has 1 amide bonds. The highest BCUT2D eigenvalue weighted by Gasteiger charge is 2.41. The molecule has 1 aromatic heterocycles. The van der Waals surface area contributed by atoms with Crippen molar-refractivity contribution in [3.63, 3.8) is 0 Å². The molecule has 1 aliphatic rings. The van der Waals surface area contributed by atoms with Gasteiger partial charge in [-0.3, -0.25) is 4.79 Å². The highest BCUT2D eigenvalue weighted by molar-refractivity contribution is 7.99. The minimum absolute atomic E-state index is 0.0285. The van der Waals surface area contributed by atoms with Gasteiger partial charge in [0.25, 0.3) is 0 Å². The Morgan fingerprint density at radius 1 is 1.33 bits per heavy atom. The van der Waals surface area contributed by atoms with Gasteiger partial charge >= 0.3 is 0 Å². The maximum atomic E-state index is 12.4. The van der Waals surface area contributed by atoms with Gasteiger partial charge in [-0.1, -0.05) is 29.6 Å². The summed E-state index contributed by atoms with van der Waals surface area (Å²) in [5, 5.41) is 7.92. The number of benzene rings is 1. The van der Waals surface area contributed by atoms with Crippen LogP contribution in [0.15, 0.2) is 33.7 Å². The largest absolute Gasteiger partial charge is 0.343 e. The summed E-state index contributed by atoms with van der Waals surface area (Å²) in [6.45, 7) is 1.77. The van der Waals surface area contributed by atoms with Crippen LogP contribution in [0.5, 0.6) is 0 Å². The van der Waals surface area contributed by atoms with E-state index in [1.54, 1.807) is 18.7 Å². The standard InChI is InChI=1S/C17H20ClN3O2S/c1-12-19-16(21-23-12)17(9-2-3-10-17)20-15(22)8-11-24-14-6-4-13(18)5-7-14/h4-7H,2-3,8-11H2,1H3,(H,20,22). The molecular formula is C17H20ClN3O2S. The molecule has 1 heterocycles. The molecule has 3 rings (SSSR count). The summed E-state index contributed by atoms with van der Waals surface area (Å²) in [7, 11) is 0. The van der Waals surface area contributed by atoms with Crippen LogP contribution in [-0.2, 0) is 10.3 Å². The van der Waals surface area contributed by atoms with Crippen LogP contribution < -0.4 is 5.32 Å². The Morgan fingerprint density at radius 2 is 2.04 bits per heavy atom. The number of aryl methyl sites for hydroxylation is 1. The van der Waals surface area contributed by atoms with E-state index in [0.717, 1.165) is 41.4 Å². The fourth-order valence-corrected chi connectivity index (χ4v) is 3.98. The molecule has 0 saturated heterocycles. The summed E-state index contributed by atoms with van der Waals surface area (Å²) in [4.78, 5) is 17.8. The minimum atomic E-state index is -0.459. The molecule has 0 unspecified atom stereocenters. The quantitative estimate of drug-likeness (QED) is 0.780. The van der Waals surface area contributed by atoms with Crippen LogP contribution in [0.2, 0.25) is 5.02 Å². The zero-order chi connectivity index (χ0) is 17.0. The number of nitrogens with zero attached hydrogens (tertiary/aromatic N) is 2. The second-order valence-electron chi connectivity index (χ2n) is 6.03. The lowest BCUT2D eigenvalue weighted by Crippen LogP contribution is -2.44. The molecule has 1 N–H and O–H groups in total. The molecule has 0 atom stereocenters. The maximum absolute atomic E-state index is 12.4. The predicted octanol–water partition coefficient (Wildman–Crippen LogP) is 4.10. The molecule has 128 valence electrons. The van der Waals surface area contributed by atoms with Crippen molar-refractivity contribution in [1.29, 1.82) is 0 Å². The molecule has 1 aromatic carbocycles. The number of hydrogen-bond donors (Lipinski definition) is 1. The average molecular weight is 366 g/mol. The monoisotopic (exact) mass is 365 g/mol. The topological polar surface area (TPSA) is 68.0 Å². The number of halogens is 1. The van der Waals surface area contributed by atoms with Gasteiger partial charge < -0.3 is 9.84 Å². The Balaban J connectivity index is 1.55. The summed E-state index contributed by atoms with van der Waals surface area (Å²) < 4.78 is 5.10. The van der Waals surface area contributed by atoms with Gasteiger partial charge in [-0.2, -0.15) is 4.98 Å². The number of rotatable bonds is 6. The number of hydrogen-bond acceptors (Lipinski definition) is 5. The molecule has 1 fully saturated rings. The maximum Gasteiger partial charge on any atom is 0.223 e. The van der Waals surface area contributed by atoms with Crippen LogP contribution in [-0.4, -0.2) is 21.8 Å². The van der Waals surface area contributed by atoms with E-state index in [-0.39, 0.29) is 5.91 Å². The van der Waals surface area contributed by atoms with E-state index in [1.165, 1.54) is 0 Å². The number of thioether (sulfide) groups is 1. The van der Waals surface area contributed by atoms with Crippen molar-refractivity contribution in [2.45, 2.75) is 49.5 Å². The van der Waals surface area contributed by atoms with E-state index in [4.69, 9.17) is 16.1 Å². The Hall–Kier alpha value is -1.53. The van der Waals surface area contributed by atoms with Gasteiger partial charge in [-0.05, 0) is 37.1 Å². The van der Waals surface area contributed by atoms with Gasteiger partial charge in [0.2, 0.25) is 11.8 Å². The van der Waals surface area contributed by atoms with Crippen molar-refractivity contribution in [3.8, 4) is 0 Å². The first-order valence-electron chi connectivity index (χ1n) is 8.08. The Labute approximate surface area is 150 Å². The average Bonchev–Trinajstić information content (AvgIpc) is 3.19. The molecule has 5 nitrogen and oxygen atoms in total. The number of carbonyl (C=O) groups excluding carboxylic acids is 1. The van der Waals surface area contributed by atoms with Gasteiger partial charge in [0, 0.05) is 29.0 Å². The number of aromatic nitrogens is 2. The molecule has 0 aliphatic heterocycles. The first-order chi connectivity index (χ1) is 11.6. The lowest BCUT2D eigenvalue weighted by molar-refractivity contribution is -0.122. The van der Waals surface area contributed by atoms with Gasteiger partial charge in [0.1, 0.15) is 5.54 Å². The van der Waals surface area contributed by atoms with Crippen LogP contribution in [0, 0.1) is 6.92 Å². The van der Waals surface area contributed by atoms with Crippen molar-refractivity contribution in [2.24, 2.45) is 0 Å². The lowest BCUT2D eigenvalue weighted by atomic mass is 9.96. The summed E-state index contributed by atoms with van der Waals surface area (Å²) >= 11 is 7.52. The first-order valence-corrected chi connectivity index (χ1v) is 9.44. The van der Waals surface area contributed by atoms with Crippen molar-refractivity contribution >= 4 is 29.3 Å². The molecule has 24 heavy (non-hydrogen) atoms. The molecule has 2 aromatic rings. The van der Waals surface area contributed by atoms with Crippen molar-refractivity contribution in [1.82, 2.24) is 15.5 Å². The molecular weight excluding hydrogens is 346 g/mol. The third-order valence-corrected chi connectivity index (χ3v) is 5.47. The van der Waals surface area contributed by atoms with E-state index in [1.807, 2.05) is 24.3 Å². The summed E-state index contributed by atoms with van der Waals surface area (Å²) in [6.07, 6.45) is 4.30. The minimum Gasteiger partial charge on any atom is -0.343 e. The second-order valence-corrected chi connectivity index (χ2v) is 7.63. The van der Waals surface area contributed by atoms with Crippen molar-refractivity contribution in [3.05, 3.63) is 41.0 Å². The molecule has 0 bridgehead atoms. The zero-order valence-electron chi connectivity index (χ0n) is 13.5. The van der Waals surface area contributed by atoms with Crippen LogP contribution >= 0.6 is 23.4 Å². The van der Waals surface area contributed by atoms with Gasteiger partial charge in [-0.15, -0.1) is 11.8 Å². The summed E-state index contributed by atoms with van der Waals surface area (Å²) in [6, 6.07) is 7.64. The number of carbonyl (C=O) groups is 1. The Morgan fingerprint density at radius 3 is 2.67 bits per heavy atom. The Kier molecular flexibility index (Phi) is 5.46. The van der Waals surface area contributed by atoms with Crippen LogP contribution in [0.1, 0.15) is 43.8 Å². The smallest absolute Gasteiger partial charge is 0.223 e. The number of amides is 1. The highest BCUT2D eigenvalue weighted by Crippen LogP contribution is 2.37. The lowest BCUT2D eigenvalue weighted by Gasteiger charge is -2.26. The van der Waals surface area contributed by atoms with Gasteiger partial charge in [0.05, 0.1) is 0 Å². The van der Waals surface area contributed by atoms with E-state index < -0.39 is 5.54 Å². The predicted molar refractivity (Wildman–Crippen MR) is 94.1 cm³/mol. The fraction of sp³-hybridized carbons (Fsp3) is 0.471. The zero-order valence-corrected chi connectivity index (χ0v) is 15.1. The van der Waals surface area contributed by atoms with E-state index >= 15 is 0 Å². The summed E-state index contributed by atoms with van der Waals surface area (Å²) in [5.74, 6) is 1.88.